The van der Waals surface area contributed by atoms with E-state index in [0.717, 1.165) is 12.8 Å². The molecule has 1 saturated carbocycles. The van der Waals surface area contributed by atoms with Crippen LogP contribution in [0.25, 0.3) is 0 Å². The summed E-state index contributed by atoms with van der Waals surface area (Å²) in [6, 6.07) is 0.184. The van der Waals surface area contributed by atoms with E-state index in [4.69, 9.17) is 9.47 Å². The van der Waals surface area contributed by atoms with E-state index in [0.29, 0.717) is 25.0 Å². The summed E-state index contributed by atoms with van der Waals surface area (Å²) in [7, 11) is 1.57. The Labute approximate surface area is 146 Å². The predicted octanol–water partition coefficient (Wildman–Crippen LogP) is 2.81. The molecule has 1 aliphatic carbocycles. The highest BCUT2D eigenvalue weighted by Gasteiger charge is 2.29. The first-order valence-corrected chi connectivity index (χ1v) is 8.90. The molecule has 0 spiro atoms. The van der Waals surface area contributed by atoms with Gasteiger partial charge < -0.3 is 14.8 Å². The number of carbonyl (C=O) groups is 2. The van der Waals surface area contributed by atoms with Gasteiger partial charge >= 0.3 is 6.09 Å². The van der Waals surface area contributed by atoms with Crippen molar-refractivity contribution in [1.29, 1.82) is 0 Å². The van der Waals surface area contributed by atoms with Gasteiger partial charge in [0.1, 0.15) is 12.1 Å². The van der Waals surface area contributed by atoms with E-state index < -0.39 is 11.7 Å². The molecule has 6 nitrogen and oxygen atoms in total. The average molecular weight is 342 g/mol. The summed E-state index contributed by atoms with van der Waals surface area (Å²) in [4.78, 5) is 26.1. The van der Waals surface area contributed by atoms with E-state index in [1.54, 1.807) is 7.11 Å². The summed E-state index contributed by atoms with van der Waals surface area (Å²) >= 11 is 0. The van der Waals surface area contributed by atoms with Crippen molar-refractivity contribution in [3.05, 3.63) is 0 Å². The van der Waals surface area contributed by atoms with Gasteiger partial charge in [0, 0.05) is 19.7 Å². The van der Waals surface area contributed by atoms with Gasteiger partial charge in [-0.05, 0) is 39.0 Å². The summed E-state index contributed by atoms with van der Waals surface area (Å²) in [5.41, 5.74) is -0.591. The van der Waals surface area contributed by atoms with E-state index in [2.05, 4.69) is 19.2 Å². The average Bonchev–Trinajstić information content (AvgIpc) is 2.46. The van der Waals surface area contributed by atoms with Crippen LogP contribution in [0.5, 0.6) is 0 Å². The molecule has 0 aromatic carbocycles. The van der Waals surface area contributed by atoms with Crippen LogP contribution in [-0.2, 0) is 14.3 Å². The Bertz CT molecular complexity index is 420. The van der Waals surface area contributed by atoms with Gasteiger partial charge in [-0.25, -0.2) is 4.79 Å². The molecule has 0 bridgehead atoms. The second-order valence-electron chi connectivity index (χ2n) is 7.84. The van der Waals surface area contributed by atoms with E-state index in [1.807, 2.05) is 20.8 Å². The molecule has 1 fully saturated rings. The third kappa shape index (κ3) is 7.07. The fraction of sp³-hybridized carbons (Fsp3) is 0.889. The third-order valence-electron chi connectivity index (χ3n) is 4.60. The van der Waals surface area contributed by atoms with Crippen LogP contribution in [0.4, 0.5) is 4.79 Å². The lowest BCUT2D eigenvalue weighted by Crippen LogP contribution is -2.49. The maximum atomic E-state index is 12.4. The topological polar surface area (TPSA) is 67.9 Å². The van der Waals surface area contributed by atoms with Crippen molar-refractivity contribution in [3.8, 4) is 0 Å². The highest BCUT2D eigenvalue weighted by Crippen LogP contribution is 2.29. The molecule has 0 aromatic heterocycles. The largest absolute Gasteiger partial charge is 0.444 e. The second kappa shape index (κ2) is 9.25. The van der Waals surface area contributed by atoms with Crippen molar-refractivity contribution < 1.29 is 19.1 Å². The number of amides is 2. The molecule has 0 radical (unpaired) electrons. The quantitative estimate of drug-likeness (QED) is 0.806. The molecule has 3 unspecified atom stereocenters. The van der Waals surface area contributed by atoms with Crippen molar-refractivity contribution in [1.82, 2.24) is 10.2 Å². The van der Waals surface area contributed by atoms with Crippen molar-refractivity contribution in [2.75, 3.05) is 26.8 Å². The predicted molar refractivity (Wildman–Crippen MR) is 93.8 cm³/mol. The molecule has 1 aliphatic rings. The van der Waals surface area contributed by atoms with Crippen LogP contribution in [0, 0.1) is 11.8 Å². The monoisotopic (exact) mass is 342 g/mol. The number of nitrogens with one attached hydrogen (secondary N) is 1. The van der Waals surface area contributed by atoms with Gasteiger partial charge in [0.05, 0.1) is 6.61 Å². The number of carbonyl (C=O) groups excluding carboxylic acids is 2. The molecule has 6 heteroatoms. The van der Waals surface area contributed by atoms with Crippen molar-refractivity contribution in [2.24, 2.45) is 11.8 Å². The van der Waals surface area contributed by atoms with Crippen molar-refractivity contribution >= 4 is 12.0 Å². The number of hydrogen-bond donors (Lipinski definition) is 1. The van der Waals surface area contributed by atoms with E-state index >= 15 is 0 Å². The highest BCUT2D eigenvalue weighted by atomic mass is 16.6. The second-order valence-corrected chi connectivity index (χ2v) is 7.84. The maximum Gasteiger partial charge on any atom is 0.410 e. The summed E-state index contributed by atoms with van der Waals surface area (Å²) in [6.07, 6.45) is 2.86. The lowest BCUT2D eigenvalue weighted by molar-refractivity contribution is -0.123. The van der Waals surface area contributed by atoms with Crippen LogP contribution in [-0.4, -0.2) is 55.3 Å². The molecule has 1 N–H and O–H groups in total. The lowest BCUT2D eigenvalue weighted by Gasteiger charge is -2.35. The van der Waals surface area contributed by atoms with Gasteiger partial charge in [-0.1, -0.05) is 26.7 Å². The molecular formula is C18H34N2O4. The molecule has 140 valence electrons. The molecule has 0 aliphatic heterocycles. The van der Waals surface area contributed by atoms with Gasteiger partial charge in [0.2, 0.25) is 5.91 Å². The van der Waals surface area contributed by atoms with Crippen LogP contribution >= 0.6 is 0 Å². The first-order chi connectivity index (χ1) is 11.1. The first kappa shape index (κ1) is 20.7. The Morgan fingerprint density at radius 3 is 2.46 bits per heavy atom. The van der Waals surface area contributed by atoms with Gasteiger partial charge in [0.25, 0.3) is 0 Å². The third-order valence-corrected chi connectivity index (χ3v) is 4.60. The van der Waals surface area contributed by atoms with Gasteiger partial charge in [-0.2, -0.15) is 0 Å². The minimum atomic E-state index is -0.591. The van der Waals surface area contributed by atoms with Gasteiger partial charge in [0.15, 0.2) is 0 Å². The summed E-state index contributed by atoms with van der Waals surface area (Å²) in [5, 5.41) is 3.09. The van der Waals surface area contributed by atoms with Crippen LogP contribution in [0.2, 0.25) is 0 Å². The Morgan fingerprint density at radius 1 is 1.21 bits per heavy atom. The van der Waals surface area contributed by atoms with Gasteiger partial charge in [-0.15, -0.1) is 0 Å². The minimum Gasteiger partial charge on any atom is -0.444 e. The molecule has 1 rings (SSSR count). The molecule has 0 heterocycles. The number of nitrogens with zero attached hydrogens (tertiary/aromatic N) is 1. The molecule has 0 saturated heterocycles. The zero-order valence-electron chi connectivity index (χ0n) is 16.1. The number of ether oxygens (including phenoxy) is 2. The smallest absolute Gasteiger partial charge is 0.410 e. The van der Waals surface area contributed by atoms with Crippen LogP contribution in [0.1, 0.15) is 53.9 Å². The lowest BCUT2D eigenvalue weighted by atomic mass is 9.78. The van der Waals surface area contributed by atoms with E-state index in [1.165, 1.54) is 11.3 Å². The van der Waals surface area contributed by atoms with Crippen LogP contribution in [0.15, 0.2) is 0 Å². The molecule has 3 atom stereocenters. The standard InChI is InChI=1S/C18H34N2O4/c1-13-8-7-9-15(14(13)2)19-16(21)12-20(10-11-23-6)17(22)24-18(3,4)5/h13-15H,7-12H2,1-6H3,(H,19,21). The summed E-state index contributed by atoms with van der Waals surface area (Å²) in [5.74, 6) is 0.930. The normalized spacial score (nSPS) is 24.3. The SMILES string of the molecule is COCCN(CC(=O)NC1CCCC(C)C1C)C(=O)OC(C)(C)C. The van der Waals surface area contributed by atoms with Crippen molar-refractivity contribution in [3.63, 3.8) is 0 Å². The summed E-state index contributed by atoms with van der Waals surface area (Å²) in [6.45, 7) is 10.5. The Hall–Kier alpha value is -1.30. The number of rotatable bonds is 6. The Morgan fingerprint density at radius 2 is 1.88 bits per heavy atom. The zero-order chi connectivity index (χ0) is 18.3. The van der Waals surface area contributed by atoms with Gasteiger partial charge in [-0.3, -0.25) is 9.69 Å². The summed E-state index contributed by atoms with van der Waals surface area (Å²) < 4.78 is 10.4. The number of hydrogen-bond acceptors (Lipinski definition) is 4. The van der Waals surface area contributed by atoms with Crippen molar-refractivity contribution in [2.45, 2.75) is 65.5 Å². The molecule has 24 heavy (non-hydrogen) atoms. The molecule has 0 aromatic rings. The highest BCUT2D eigenvalue weighted by molar-refractivity contribution is 5.82. The maximum absolute atomic E-state index is 12.4. The van der Waals surface area contributed by atoms with Crippen LogP contribution < -0.4 is 5.32 Å². The zero-order valence-corrected chi connectivity index (χ0v) is 16.1. The van der Waals surface area contributed by atoms with E-state index in [-0.39, 0.29) is 18.5 Å². The first-order valence-electron chi connectivity index (χ1n) is 8.90. The Kier molecular flexibility index (Phi) is 8.00. The fourth-order valence-corrected chi connectivity index (χ4v) is 2.97. The molecule has 2 amide bonds. The van der Waals surface area contributed by atoms with Crippen LogP contribution in [0.3, 0.4) is 0 Å². The Balaban J connectivity index is 2.61. The fourth-order valence-electron chi connectivity index (χ4n) is 2.97. The van der Waals surface area contributed by atoms with E-state index in [9.17, 15) is 9.59 Å². The number of methoxy groups -OCH3 is 1. The molecular weight excluding hydrogens is 308 g/mol. The minimum absolute atomic E-state index is 0.00409.